The van der Waals surface area contributed by atoms with Crippen molar-refractivity contribution in [2.45, 2.75) is 39.7 Å². The second-order valence-electron chi connectivity index (χ2n) is 7.08. The molecule has 0 radical (unpaired) electrons. The number of nitrogens with zero attached hydrogens (tertiary/aromatic N) is 3. The molecule has 0 aliphatic carbocycles. The van der Waals surface area contributed by atoms with Gasteiger partial charge in [-0.15, -0.1) is 0 Å². The number of carbonyl (C=O) groups excluding carboxylic acids is 1. The molecule has 7 nitrogen and oxygen atoms in total. The van der Waals surface area contributed by atoms with E-state index in [2.05, 4.69) is 20.2 Å². The molecule has 1 aromatic carbocycles. The number of hydrogen-bond acceptors (Lipinski definition) is 6. The molecule has 0 saturated carbocycles. The predicted octanol–water partition coefficient (Wildman–Crippen LogP) is 2.66. The van der Waals surface area contributed by atoms with Gasteiger partial charge in [-0.05, 0) is 50.8 Å². The molecule has 1 amide bonds. The number of rotatable bonds is 8. The first-order chi connectivity index (χ1) is 13.5. The van der Waals surface area contributed by atoms with Crippen LogP contribution < -0.4 is 19.7 Å². The second-order valence-corrected chi connectivity index (χ2v) is 7.08. The summed E-state index contributed by atoms with van der Waals surface area (Å²) in [4.78, 5) is 22.9. The first-order valence-electron chi connectivity index (χ1n) is 9.74. The van der Waals surface area contributed by atoms with E-state index in [0.29, 0.717) is 19.0 Å². The first-order valence-corrected chi connectivity index (χ1v) is 9.74. The number of hydrogen-bond donors (Lipinski definition) is 1. The molecule has 1 aliphatic heterocycles. The third-order valence-electron chi connectivity index (χ3n) is 4.73. The number of aromatic nitrogens is 2. The topological polar surface area (TPSA) is 76.6 Å². The highest BCUT2D eigenvalue weighted by molar-refractivity contribution is 5.80. The smallest absolute Gasteiger partial charge is 0.260 e. The minimum absolute atomic E-state index is 0.176. The molecule has 1 saturated heterocycles. The van der Waals surface area contributed by atoms with Crippen LogP contribution in [0, 0.1) is 13.8 Å². The maximum atomic E-state index is 12.3. The Labute approximate surface area is 166 Å². The van der Waals surface area contributed by atoms with E-state index in [9.17, 15) is 4.79 Å². The lowest BCUT2D eigenvalue weighted by Gasteiger charge is -2.17. The molecular weight excluding hydrogens is 356 g/mol. The van der Waals surface area contributed by atoms with Gasteiger partial charge in [0.15, 0.2) is 6.10 Å². The van der Waals surface area contributed by atoms with Gasteiger partial charge in [0.25, 0.3) is 5.91 Å². The lowest BCUT2D eigenvalue weighted by Crippen LogP contribution is -2.38. The van der Waals surface area contributed by atoms with Crippen molar-refractivity contribution in [2.24, 2.45) is 0 Å². The van der Waals surface area contributed by atoms with Crippen LogP contribution in [0.3, 0.4) is 0 Å². The summed E-state index contributed by atoms with van der Waals surface area (Å²) in [5, 5.41) is 2.83. The summed E-state index contributed by atoms with van der Waals surface area (Å²) in [7, 11) is 0. The van der Waals surface area contributed by atoms with Gasteiger partial charge in [0.2, 0.25) is 5.88 Å². The highest BCUT2D eigenvalue weighted by atomic mass is 16.5. The van der Waals surface area contributed by atoms with Gasteiger partial charge in [0, 0.05) is 19.2 Å². The van der Waals surface area contributed by atoms with E-state index in [1.54, 1.807) is 6.92 Å². The third kappa shape index (κ3) is 5.34. The van der Waals surface area contributed by atoms with Crippen molar-refractivity contribution in [2.75, 3.05) is 31.1 Å². The van der Waals surface area contributed by atoms with Crippen molar-refractivity contribution >= 4 is 11.7 Å². The van der Waals surface area contributed by atoms with Gasteiger partial charge >= 0.3 is 0 Å². The Kier molecular flexibility index (Phi) is 6.68. The molecule has 0 unspecified atom stereocenters. The normalized spacial score (nSPS) is 14.6. The van der Waals surface area contributed by atoms with Crippen molar-refractivity contribution in [3.8, 4) is 11.6 Å². The van der Waals surface area contributed by atoms with Crippen LogP contribution in [-0.2, 0) is 4.79 Å². The zero-order valence-electron chi connectivity index (χ0n) is 16.8. The summed E-state index contributed by atoms with van der Waals surface area (Å²) in [5.41, 5.74) is 2.10. The number of anilines is 1. The van der Waals surface area contributed by atoms with Crippen molar-refractivity contribution in [1.82, 2.24) is 15.3 Å². The summed E-state index contributed by atoms with van der Waals surface area (Å²) in [6, 6.07) is 7.79. The van der Waals surface area contributed by atoms with Gasteiger partial charge in [-0.3, -0.25) is 4.79 Å². The van der Waals surface area contributed by atoms with Gasteiger partial charge in [-0.2, -0.15) is 0 Å². The third-order valence-corrected chi connectivity index (χ3v) is 4.73. The minimum Gasteiger partial charge on any atom is -0.481 e. The van der Waals surface area contributed by atoms with E-state index in [-0.39, 0.29) is 5.91 Å². The van der Waals surface area contributed by atoms with Crippen molar-refractivity contribution in [1.29, 1.82) is 0 Å². The van der Waals surface area contributed by atoms with Crippen LogP contribution in [0.2, 0.25) is 0 Å². The van der Waals surface area contributed by atoms with Crippen LogP contribution >= 0.6 is 0 Å². The molecule has 28 heavy (non-hydrogen) atoms. The number of benzene rings is 1. The molecule has 1 aromatic heterocycles. The molecule has 2 heterocycles. The number of aryl methyl sites for hydroxylation is 2. The Morgan fingerprint density at radius 2 is 2.00 bits per heavy atom. The summed E-state index contributed by atoms with van der Waals surface area (Å²) in [5.74, 6) is 1.96. The molecule has 3 rings (SSSR count). The Hall–Kier alpha value is -2.83. The van der Waals surface area contributed by atoms with E-state index in [1.165, 1.54) is 19.2 Å². The molecule has 2 aromatic rings. The number of amides is 1. The van der Waals surface area contributed by atoms with Crippen molar-refractivity contribution in [3.63, 3.8) is 0 Å². The summed E-state index contributed by atoms with van der Waals surface area (Å²) in [6.07, 6.45) is 3.31. The van der Waals surface area contributed by atoms with Crippen molar-refractivity contribution in [3.05, 3.63) is 41.7 Å². The maximum Gasteiger partial charge on any atom is 0.260 e. The Bertz CT molecular complexity index is 806. The van der Waals surface area contributed by atoms with Gasteiger partial charge in [-0.25, -0.2) is 9.97 Å². The predicted molar refractivity (Wildman–Crippen MR) is 108 cm³/mol. The number of ether oxygens (including phenoxy) is 2. The first kappa shape index (κ1) is 19.9. The lowest BCUT2D eigenvalue weighted by molar-refractivity contribution is -0.127. The summed E-state index contributed by atoms with van der Waals surface area (Å²) < 4.78 is 11.5. The molecule has 1 N–H and O–H groups in total. The largest absolute Gasteiger partial charge is 0.481 e. The Morgan fingerprint density at radius 3 is 2.79 bits per heavy atom. The quantitative estimate of drug-likeness (QED) is 0.705. The van der Waals surface area contributed by atoms with Crippen LogP contribution in [0.4, 0.5) is 5.82 Å². The summed E-state index contributed by atoms with van der Waals surface area (Å²) in [6.45, 7) is 8.45. The minimum atomic E-state index is -0.582. The SMILES string of the molecule is Cc1ccc(C)c(O[C@H](C)C(=O)NCCOc2cc(N3CCCC3)ncn2)c1. The van der Waals surface area contributed by atoms with Gasteiger partial charge in [-0.1, -0.05) is 12.1 Å². The molecule has 1 atom stereocenters. The average molecular weight is 384 g/mol. The molecule has 0 spiro atoms. The zero-order valence-corrected chi connectivity index (χ0v) is 16.8. The molecule has 1 fully saturated rings. The fourth-order valence-corrected chi connectivity index (χ4v) is 3.08. The van der Waals surface area contributed by atoms with Crippen LogP contribution in [-0.4, -0.2) is 48.2 Å². The van der Waals surface area contributed by atoms with Crippen LogP contribution in [0.5, 0.6) is 11.6 Å². The average Bonchev–Trinajstić information content (AvgIpc) is 3.23. The van der Waals surface area contributed by atoms with Crippen LogP contribution in [0.25, 0.3) is 0 Å². The second kappa shape index (κ2) is 9.39. The zero-order chi connectivity index (χ0) is 19.9. The molecule has 1 aliphatic rings. The fraction of sp³-hybridized carbons (Fsp3) is 0.476. The molecule has 0 bridgehead atoms. The molecular formula is C21H28N4O3. The van der Waals surface area contributed by atoms with Crippen LogP contribution in [0.1, 0.15) is 30.9 Å². The Morgan fingerprint density at radius 1 is 1.21 bits per heavy atom. The van der Waals surface area contributed by atoms with Crippen molar-refractivity contribution < 1.29 is 14.3 Å². The number of carbonyl (C=O) groups is 1. The maximum absolute atomic E-state index is 12.3. The van der Waals surface area contributed by atoms with Gasteiger partial charge < -0.3 is 19.7 Å². The van der Waals surface area contributed by atoms with Gasteiger partial charge in [0.05, 0.1) is 6.54 Å². The van der Waals surface area contributed by atoms with Crippen LogP contribution in [0.15, 0.2) is 30.6 Å². The lowest BCUT2D eigenvalue weighted by atomic mass is 10.1. The standard InChI is InChI=1S/C21H28N4O3/c1-15-6-7-16(2)18(12-15)28-17(3)21(26)22-8-11-27-20-13-19(23-14-24-20)25-9-4-5-10-25/h6-7,12-14,17H,4-5,8-11H2,1-3H3,(H,22,26)/t17-/m1/s1. The van der Waals surface area contributed by atoms with E-state index in [4.69, 9.17) is 9.47 Å². The van der Waals surface area contributed by atoms with E-state index >= 15 is 0 Å². The highest BCUT2D eigenvalue weighted by Gasteiger charge is 2.16. The molecule has 150 valence electrons. The monoisotopic (exact) mass is 384 g/mol. The van der Waals surface area contributed by atoms with E-state index in [1.807, 2.05) is 38.1 Å². The fourth-order valence-electron chi connectivity index (χ4n) is 3.08. The summed E-state index contributed by atoms with van der Waals surface area (Å²) >= 11 is 0. The number of nitrogens with one attached hydrogen (secondary N) is 1. The molecule has 7 heteroatoms. The van der Waals surface area contributed by atoms with E-state index < -0.39 is 6.10 Å². The van der Waals surface area contributed by atoms with Gasteiger partial charge in [0.1, 0.15) is 24.5 Å². The highest BCUT2D eigenvalue weighted by Crippen LogP contribution is 2.21. The Balaban J connectivity index is 1.42. The van der Waals surface area contributed by atoms with E-state index in [0.717, 1.165) is 35.8 Å².